The monoisotopic (exact) mass is 239 g/mol. The largest absolute Gasteiger partial charge is 0.472 e. The predicted molar refractivity (Wildman–Crippen MR) is 72.2 cm³/mol. The van der Waals surface area contributed by atoms with Crippen molar-refractivity contribution < 1.29 is 4.42 Å². The standard InChI is InChI=1S/C14H13N3O/c15-14-11-2-1-6-16-12(11)3-4-13(14)17-8-10-5-7-18-9-10/h1-7,9,17H,8,15H2. The number of hydrogen-bond donors (Lipinski definition) is 2. The number of pyridine rings is 1. The van der Waals surface area contributed by atoms with Crippen LogP contribution in [0, 0.1) is 0 Å². The second-order valence-corrected chi connectivity index (χ2v) is 4.08. The number of anilines is 2. The van der Waals surface area contributed by atoms with E-state index in [0.29, 0.717) is 6.54 Å². The van der Waals surface area contributed by atoms with E-state index >= 15 is 0 Å². The number of nitrogens with one attached hydrogen (secondary N) is 1. The summed E-state index contributed by atoms with van der Waals surface area (Å²) in [6, 6.07) is 9.69. The van der Waals surface area contributed by atoms with Crippen molar-refractivity contribution >= 4 is 22.3 Å². The minimum Gasteiger partial charge on any atom is -0.472 e. The van der Waals surface area contributed by atoms with Crippen LogP contribution in [0.1, 0.15) is 5.56 Å². The van der Waals surface area contributed by atoms with Crippen LogP contribution >= 0.6 is 0 Å². The topological polar surface area (TPSA) is 64.1 Å². The van der Waals surface area contributed by atoms with E-state index < -0.39 is 0 Å². The van der Waals surface area contributed by atoms with Gasteiger partial charge in [0.2, 0.25) is 0 Å². The summed E-state index contributed by atoms with van der Waals surface area (Å²) in [5.74, 6) is 0. The number of fused-ring (bicyclic) bond motifs is 1. The third kappa shape index (κ3) is 1.88. The van der Waals surface area contributed by atoms with Crippen molar-refractivity contribution in [2.45, 2.75) is 6.54 Å². The summed E-state index contributed by atoms with van der Waals surface area (Å²) in [6.07, 6.45) is 5.14. The minimum absolute atomic E-state index is 0.687. The van der Waals surface area contributed by atoms with E-state index in [-0.39, 0.29) is 0 Å². The molecule has 3 aromatic rings. The second-order valence-electron chi connectivity index (χ2n) is 4.08. The number of nitrogens with zero attached hydrogens (tertiary/aromatic N) is 1. The number of aromatic nitrogens is 1. The SMILES string of the molecule is Nc1c(NCc2ccoc2)ccc2ncccc12. The molecule has 4 nitrogen and oxygen atoms in total. The van der Waals surface area contributed by atoms with Crippen LogP contribution in [0.5, 0.6) is 0 Å². The zero-order valence-corrected chi connectivity index (χ0v) is 9.76. The molecule has 2 heterocycles. The van der Waals surface area contributed by atoms with E-state index in [9.17, 15) is 0 Å². The van der Waals surface area contributed by atoms with Crippen molar-refractivity contribution in [1.82, 2.24) is 4.98 Å². The molecule has 0 aliphatic carbocycles. The molecule has 1 aromatic carbocycles. The zero-order chi connectivity index (χ0) is 12.4. The summed E-state index contributed by atoms with van der Waals surface area (Å²) in [5.41, 5.74) is 9.76. The fourth-order valence-corrected chi connectivity index (χ4v) is 1.92. The smallest absolute Gasteiger partial charge is 0.0952 e. The summed E-state index contributed by atoms with van der Waals surface area (Å²) >= 11 is 0. The molecular formula is C14H13N3O. The highest BCUT2D eigenvalue weighted by Gasteiger charge is 2.04. The Morgan fingerprint density at radius 2 is 2.17 bits per heavy atom. The molecule has 18 heavy (non-hydrogen) atoms. The van der Waals surface area contributed by atoms with E-state index in [2.05, 4.69) is 10.3 Å². The van der Waals surface area contributed by atoms with E-state index in [1.54, 1.807) is 18.7 Å². The molecule has 0 spiro atoms. The molecule has 90 valence electrons. The maximum absolute atomic E-state index is 6.13. The summed E-state index contributed by atoms with van der Waals surface area (Å²) in [5, 5.41) is 4.26. The average Bonchev–Trinajstić information content (AvgIpc) is 2.91. The fourth-order valence-electron chi connectivity index (χ4n) is 1.92. The van der Waals surface area contributed by atoms with Crippen LogP contribution in [0.4, 0.5) is 11.4 Å². The highest BCUT2D eigenvalue weighted by atomic mass is 16.3. The molecule has 3 rings (SSSR count). The van der Waals surface area contributed by atoms with Crippen LogP contribution < -0.4 is 11.1 Å². The number of nitrogen functional groups attached to an aromatic ring is 1. The lowest BCUT2D eigenvalue weighted by molar-refractivity contribution is 0.564. The highest BCUT2D eigenvalue weighted by Crippen LogP contribution is 2.27. The Labute approximate surface area is 104 Å². The van der Waals surface area contributed by atoms with Crippen LogP contribution in [-0.4, -0.2) is 4.98 Å². The maximum Gasteiger partial charge on any atom is 0.0952 e. The lowest BCUT2D eigenvalue weighted by atomic mass is 10.1. The number of hydrogen-bond acceptors (Lipinski definition) is 4. The van der Waals surface area contributed by atoms with Crippen molar-refractivity contribution in [3.63, 3.8) is 0 Å². The Balaban J connectivity index is 1.90. The van der Waals surface area contributed by atoms with Crippen LogP contribution in [0.3, 0.4) is 0 Å². The van der Waals surface area contributed by atoms with Gasteiger partial charge in [0.15, 0.2) is 0 Å². The van der Waals surface area contributed by atoms with Crippen molar-refractivity contribution in [1.29, 1.82) is 0 Å². The van der Waals surface area contributed by atoms with Crippen LogP contribution in [0.2, 0.25) is 0 Å². The summed E-state index contributed by atoms with van der Waals surface area (Å²) in [7, 11) is 0. The summed E-state index contributed by atoms with van der Waals surface area (Å²) in [6.45, 7) is 0.687. The Morgan fingerprint density at radius 3 is 3.00 bits per heavy atom. The van der Waals surface area contributed by atoms with E-state index in [1.165, 1.54) is 0 Å². The first-order valence-corrected chi connectivity index (χ1v) is 5.73. The Morgan fingerprint density at radius 1 is 1.22 bits per heavy atom. The number of benzene rings is 1. The summed E-state index contributed by atoms with van der Waals surface area (Å²) < 4.78 is 5.02. The van der Waals surface area contributed by atoms with Gasteiger partial charge < -0.3 is 15.5 Å². The van der Waals surface area contributed by atoms with E-state index in [4.69, 9.17) is 10.2 Å². The van der Waals surface area contributed by atoms with Gasteiger partial charge in [-0.1, -0.05) is 0 Å². The Hall–Kier alpha value is -2.49. The molecule has 2 aromatic heterocycles. The van der Waals surface area contributed by atoms with Crippen LogP contribution in [0.15, 0.2) is 53.5 Å². The lowest BCUT2D eigenvalue weighted by Crippen LogP contribution is -2.02. The van der Waals surface area contributed by atoms with Gasteiger partial charge in [-0.15, -0.1) is 0 Å². The van der Waals surface area contributed by atoms with Gasteiger partial charge in [-0.25, -0.2) is 0 Å². The third-order valence-corrected chi connectivity index (χ3v) is 2.89. The third-order valence-electron chi connectivity index (χ3n) is 2.89. The second kappa shape index (κ2) is 4.41. The molecule has 0 saturated carbocycles. The van der Waals surface area contributed by atoms with E-state index in [0.717, 1.165) is 27.8 Å². The van der Waals surface area contributed by atoms with Crippen molar-refractivity contribution in [3.8, 4) is 0 Å². The lowest BCUT2D eigenvalue weighted by Gasteiger charge is -2.10. The van der Waals surface area contributed by atoms with Crippen molar-refractivity contribution in [2.75, 3.05) is 11.1 Å². The molecule has 0 fully saturated rings. The van der Waals surface area contributed by atoms with Gasteiger partial charge in [0.05, 0.1) is 29.4 Å². The molecule has 0 aliphatic rings. The van der Waals surface area contributed by atoms with Crippen molar-refractivity contribution in [3.05, 3.63) is 54.6 Å². The normalized spacial score (nSPS) is 10.7. The quantitative estimate of drug-likeness (QED) is 0.689. The zero-order valence-electron chi connectivity index (χ0n) is 9.76. The van der Waals surface area contributed by atoms with Crippen LogP contribution in [-0.2, 0) is 6.54 Å². The molecular weight excluding hydrogens is 226 g/mol. The van der Waals surface area contributed by atoms with Gasteiger partial charge in [0.1, 0.15) is 0 Å². The first-order chi connectivity index (χ1) is 8.84. The van der Waals surface area contributed by atoms with Crippen LogP contribution in [0.25, 0.3) is 10.9 Å². The molecule has 0 atom stereocenters. The Kier molecular flexibility index (Phi) is 2.61. The first-order valence-electron chi connectivity index (χ1n) is 5.73. The van der Waals surface area contributed by atoms with Gasteiger partial charge >= 0.3 is 0 Å². The molecule has 0 saturated heterocycles. The average molecular weight is 239 g/mol. The Bertz CT molecular complexity index is 662. The number of furan rings is 1. The van der Waals surface area contributed by atoms with Gasteiger partial charge in [0, 0.05) is 23.7 Å². The molecule has 0 bridgehead atoms. The van der Waals surface area contributed by atoms with Gasteiger partial charge in [-0.2, -0.15) is 0 Å². The molecule has 4 heteroatoms. The minimum atomic E-state index is 0.687. The number of rotatable bonds is 3. The van der Waals surface area contributed by atoms with Gasteiger partial charge in [-0.05, 0) is 30.3 Å². The molecule has 3 N–H and O–H groups in total. The molecule has 0 radical (unpaired) electrons. The first kappa shape index (κ1) is 10.7. The molecule has 0 amide bonds. The van der Waals surface area contributed by atoms with E-state index in [1.807, 2.05) is 30.3 Å². The highest BCUT2D eigenvalue weighted by molar-refractivity contribution is 5.96. The van der Waals surface area contributed by atoms with Gasteiger partial charge in [0.25, 0.3) is 0 Å². The maximum atomic E-state index is 6.13. The predicted octanol–water partition coefficient (Wildman–Crippen LogP) is 3.02. The number of nitrogens with two attached hydrogens (primary N) is 1. The molecule has 0 aliphatic heterocycles. The van der Waals surface area contributed by atoms with Crippen molar-refractivity contribution in [2.24, 2.45) is 0 Å². The fraction of sp³-hybridized carbons (Fsp3) is 0.0714. The molecule has 0 unspecified atom stereocenters. The van der Waals surface area contributed by atoms with Gasteiger partial charge in [-0.3, -0.25) is 4.98 Å². The summed E-state index contributed by atoms with van der Waals surface area (Å²) in [4.78, 5) is 4.27.